The summed E-state index contributed by atoms with van der Waals surface area (Å²) in [7, 11) is 0. The summed E-state index contributed by atoms with van der Waals surface area (Å²) in [6, 6.07) is 5.65. The molecule has 0 unspecified atom stereocenters. The molecule has 0 N–H and O–H groups in total. The van der Waals surface area contributed by atoms with Gasteiger partial charge in [0, 0.05) is 16.5 Å². The molecule has 0 saturated carbocycles. The molecular weight excluding hydrogens is 352 g/mol. The van der Waals surface area contributed by atoms with Crippen molar-refractivity contribution in [3.8, 4) is 11.4 Å². The fourth-order valence-corrected chi connectivity index (χ4v) is 3.10. The van der Waals surface area contributed by atoms with E-state index >= 15 is 0 Å². The Morgan fingerprint density at radius 1 is 1.15 bits per heavy atom. The summed E-state index contributed by atoms with van der Waals surface area (Å²) in [5, 5.41) is 15.7. The van der Waals surface area contributed by atoms with E-state index < -0.39 is 5.97 Å². The normalized spacial score (nSPS) is 10.7. The maximum absolute atomic E-state index is 12.3. The van der Waals surface area contributed by atoms with Crippen LogP contribution in [0.2, 0.25) is 0 Å². The van der Waals surface area contributed by atoms with Crippen molar-refractivity contribution in [2.24, 2.45) is 0 Å². The SMILES string of the molecule is Cc1cc(C)c(C(=O)COC(=O)Cn2nnc(-c3ccsc3)n2)cc1C. The minimum atomic E-state index is -0.589. The molecule has 2 aromatic heterocycles. The van der Waals surface area contributed by atoms with Gasteiger partial charge in [-0.1, -0.05) is 6.07 Å². The van der Waals surface area contributed by atoms with E-state index in [0.717, 1.165) is 27.1 Å². The second kappa shape index (κ2) is 7.57. The van der Waals surface area contributed by atoms with Crippen molar-refractivity contribution in [1.82, 2.24) is 20.2 Å². The summed E-state index contributed by atoms with van der Waals surface area (Å²) in [6.45, 7) is 5.29. The van der Waals surface area contributed by atoms with Crippen LogP contribution in [-0.2, 0) is 16.1 Å². The van der Waals surface area contributed by atoms with Crippen molar-refractivity contribution in [2.75, 3.05) is 6.61 Å². The number of esters is 1. The zero-order valence-corrected chi connectivity index (χ0v) is 15.5. The van der Waals surface area contributed by atoms with Crippen LogP contribution >= 0.6 is 11.3 Å². The van der Waals surface area contributed by atoms with Gasteiger partial charge in [-0.15, -0.1) is 10.2 Å². The number of hydrogen-bond acceptors (Lipinski definition) is 7. The topological polar surface area (TPSA) is 87.0 Å². The van der Waals surface area contributed by atoms with Gasteiger partial charge in [0.05, 0.1) is 0 Å². The van der Waals surface area contributed by atoms with Crippen LogP contribution in [0.3, 0.4) is 0 Å². The van der Waals surface area contributed by atoms with E-state index in [1.54, 1.807) is 0 Å². The van der Waals surface area contributed by atoms with Gasteiger partial charge in [0.2, 0.25) is 11.6 Å². The van der Waals surface area contributed by atoms with Crippen molar-refractivity contribution >= 4 is 23.1 Å². The third kappa shape index (κ3) is 4.02. The Bertz CT molecular complexity index is 948. The number of carbonyl (C=O) groups excluding carboxylic acids is 2. The molecule has 0 fully saturated rings. The van der Waals surface area contributed by atoms with Crippen LogP contribution in [0, 0.1) is 20.8 Å². The molecular formula is C18H18N4O3S. The highest BCUT2D eigenvalue weighted by Crippen LogP contribution is 2.17. The maximum Gasteiger partial charge on any atom is 0.330 e. The standard InChI is InChI=1S/C18H18N4O3S/c1-11-6-13(3)15(7-12(11)2)16(23)9-25-17(24)8-22-20-18(19-21-22)14-4-5-26-10-14/h4-7,10H,8-9H2,1-3H3. The summed E-state index contributed by atoms with van der Waals surface area (Å²) < 4.78 is 5.07. The number of ether oxygens (including phenoxy) is 1. The Kier molecular flexibility index (Phi) is 5.22. The Labute approximate surface area is 154 Å². The number of thiophene rings is 1. The van der Waals surface area contributed by atoms with E-state index in [0.29, 0.717) is 11.4 Å². The third-order valence-electron chi connectivity index (χ3n) is 4.01. The molecule has 0 bridgehead atoms. The van der Waals surface area contributed by atoms with Crippen molar-refractivity contribution in [1.29, 1.82) is 0 Å². The van der Waals surface area contributed by atoms with Gasteiger partial charge in [-0.3, -0.25) is 4.79 Å². The molecule has 7 nitrogen and oxygen atoms in total. The minimum absolute atomic E-state index is 0.198. The lowest BCUT2D eigenvalue weighted by Crippen LogP contribution is -2.20. The van der Waals surface area contributed by atoms with Crippen LogP contribution in [0.1, 0.15) is 27.0 Å². The third-order valence-corrected chi connectivity index (χ3v) is 4.69. The van der Waals surface area contributed by atoms with Gasteiger partial charge >= 0.3 is 5.97 Å². The van der Waals surface area contributed by atoms with Crippen LogP contribution < -0.4 is 0 Å². The van der Waals surface area contributed by atoms with E-state index in [1.807, 2.05) is 49.7 Å². The van der Waals surface area contributed by atoms with Crippen LogP contribution in [0.25, 0.3) is 11.4 Å². The van der Waals surface area contributed by atoms with Gasteiger partial charge < -0.3 is 4.74 Å². The second-order valence-electron chi connectivity index (χ2n) is 5.99. The van der Waals surface area contributed by atoms with Gasteiger partial charge in [-0.2, -0.15) is 16.1 Å². The van der Waals surface area contributed by atoms with E-state index in [-0.39, 0.29) is 18.9 Å². The minimum Gasteiger partial charge on any atom is -0.456 e. The lowest BCUT2D eigenvalue weighted by molar-refractivity contribution is -0.143. The number of ketones is 1. The molecule has 26 heavy (non-hydrogen) atoms. The molecule has 0 atom stereocenters. The van der Waals surface area contributed by atoms with E-state index in [1.165, 1.54) is 11.3 Å². The number of nitrogens with zero attached hydrogens (tertiary/aromatic N) is 4. The number of aromatic nitrogens is 4. The zero-order valence-electron chi connectivity index (χ0n) is 14.7. The summed E-state index contributed by atoms with van der Waals surface area (Å²) in [4.78, 5) is 25.4. The Hall–Kier alpha value is -2.87. The first-order chi connectivity index (χ1) is 12.4. The number of carbonyl (C=O) groups is 2. The number of aryl methyl sites for hydroxylation is 3. The summed E-state index contributed by atoms with van der Waals surface area (Å²) in [5.41, 5.74) is 4.43. The quantitative estimate of drug-likeness (QED) is 0.490. The molecule has 0 aliphatic heterocycles. The van der Waals surface area contributed by atoms with E-state index in [9.17, 15) is 9.59 Å². The average molecular weight is 370 g/mol. The number of benzene rings is 1. The average Bonchev–Trinajstić information content (AvgIpc) is 3.27. The van der Waals surface area contributed by atoms with Crippen molar-refractivity contribution < 1.29 is 14.3 Å². The number of hydrogen-bond donors (Lipinski definition) is 0. The lowest BCUT2D eigenvalue weighted by Gasteiger charge is -2.09. The highest BCUT2D eigenvalue weighted by molar-refractivity contribution is 7.08. The van der Waals surface area contributed by atoms with Crippen LogP contribution in [0.4, 0.5) is 0 Å². The van der Waals surface area contributed by atoms with Crippen LogP contribution in [0.15, 0.2) is 29.0 Å². The molecule has 8 heteroatoms. The van der Waals surface area contributed by atoms with Crippen LogP contribution in [-0.4, -0.2) is 38.6 Å². The summed E-state index contributed by atoms with van der Waals surface area (Å²) >= 11 is 1.52. The van der Waals surface area contributed by atoms with Gasteiger partial charge in [0.25, 0.3) is 0 Å². The van der Waals surface area contributed by atoms with E-state index in [2.05, 4.69) is 15.4 Å². The fourth-order valence-electron chi connectivity index (χ4n) is 2.46. The molecule has 0 saturated heterocycles. The first-order valence-electron chi connectivity index (χ1n) is 8.01. The van der Waals surface area contributed by atoms with Crippen molar-refractivity contribution in [3.05, 3.63) is 51.2 Å². The molecule has 2 heterocycles. The molecule has 1 aromatic carbocycles. The number of tetrazole rings is 1. The summed E-state index contributed by atoms with van der Waals surface area (Å²) in [5.74, 6) is -0.376. The lowest BCUT2D eigenvalue weighted by atomic mass is 9.98. The Morgan fingerprint density at radius 3 is 2.65 bits per heavy atom. The number of rotatable bonds is 6. The molecule has 3 rings (SSSR count). The number of Topliss-reactive ketones (excluding diaryl/α,β-unsaturated/α-hetero) is 1. The monoisotopic (exact) mass is 370 g/mol. The highest BCUT2D eigenvalue weighted by Gasteiger charge is 2.15. The predicted octanol–water partition coefficient (Wildman–Crippen LogP) is 2.75. The maximum atomic E-state index is 12.3. The van der Waals surface area contributed by atoms with E-state index in [4.69, 9.17) is 4.74 Å². The Morgan fingerprint density at radius 2 is 1.92 bits per heavy atom. The first-order valence-corrected chi connectivity index (χ1v) is 8.95. The second-order valence-corrected chi connectivity index (χ2v) is 6.77. The fraction of sp³-hybridized carbons (Fsp3) is 0.278. The molecule has 3 aromatic rings. The molecule has 0 spiro atoms. The molecule has 0 radical (unpaired) electrons. The van der Waals surface area contributed by atoms with Crippen LogP contribution in [0.5, 0.6) is 0 Å². The molecule has 0 aliphatic carbocycles. The largest absolute Gasteiger partial charge is 0.456 e. The van der Waals surface area contributed by atoms with Gasteiger partial charge in [-0.05, 0) is 60.2 Å². The van der Waals surface area contributed by atoms with Gasteiger partial charge in [-0.25, -0.2) is 4.79 Å². The predicted molar refractivity (Wildman–Crippen MR) is 97.1 cm³/mol. The highest BCUT2D eigenvalue weighted by atomic mass is 32.1. The Balaban J connectivity index is 1.57. The van der Waals surface area contributed by atoms with Gasteiger partial charge in [0.15, 0.2) is 13.2 Å². The molecule has 0 aliphatic rings. The first kappa shape index (κ1) is 17.9. The van der Waals surface area contributed by atoms with Crippen molar-refractivity contribution in [2.45, 2.75) is 27.3 Å². The molecule has 134 valence electrons. The smallest absolute Gasteiger partial charge is 0.330 e. The van der Waals surface area contributed by atoms with Crippen molar-refractivity contribution in [3.63, 3.8) is 0 Å². The molecule has 0 amide bonds. The van der Waals surface area contributed by atoms with Gasteiger partial charge in [0.1, 0.15) is 0 Å². The zero-order chi connectivity index (χ0) is 18.7. The summed E-state index contributed by atoms with van der Waals surface area (Å²) in [6.07, 6.45) is 0.